The first-order valence-electron chi connectivity index (χ1n) is 5.97. The van der Waals surface area contributed by atoms with Crippen molar-refractivity contribution >= 4 is 0 Å². The van der Waals surface area contributed by atoms with Gasteiger partial charge in [0.1, 0.15) is 6.10 Å². The highest BCUT2D eigenvalue weighted by Crippen LogP contribution is 2.31. The van der Waals surface area contributed by atoms with E-state index in [9.17, 15) is 5.11 Å². The second-order valence-electron chi connectivity index (χ2n) is 4.02. The molecule has 2 rings (SSSR count). The van der Waals surface area contributed by atoms with Gasteiger partial charge in [-0.3, -0.25) is 0 Å². The second kappa shape index (κ2) is 6.21. The van der Waals surface area contributed by atoms with Crippen LogP contribution < -0.4 is 14.2 Å². The monoisotopic (exact) mass is 276 g/mol. The zero-order chi connectivity index (χ0) is 14.5. The van der Waals surface area contributed by atoms with Gasteiger partial charge >= 0.3 is 0 Å². The first-order valence-corrected chi connectivity index (χ1v) is 5.97. The molecule has 1 atom stereocenters. The fourth-order valence-electron chi connectivity index (χ4n) is 1.78. The summed E-state index contributed by atoms with van der Waals surface area (Å²) in [5.74, 6) is 1.54. The molecule has 0 aliphatic carbocycles. The summed E-state index contributed by atoms with van der Waals surface area (Å²) < 4.78 is 15.3. The summed E-state index contributed by atoms with van der Waals surface area (Å²) in [4.78, 5) is 0. The van der Waals surface area contributed by atoms with Crippen molar-refractivity contribution in [1.29, 1.82) is 0 Å². The Labute approximate surface area is 116 Å². The molecule has 1 heterocycles. The summed E-state index contributed by atoms with van der Waals surface area (Å²) in [6.07, 6.45) is -0.895. The van der Waals surface area contributed by atoms with Gasteiger partial charge in [0, 0.05) is 6.07 Å². The van der Waals surface area contributed by atoms with Gasteiger partial charge in [-0.2, -0.15) is 0 Å². The average molecular weight is 276 g/mol. The van der Waals surface area contributed by atoms with E-state index in [4.69, 9.17) is 14.2 Å². The van der Waals surface area contributed by atoms with Crippen molar-refractivity contribution in [2.24, 2.45) is 0 Å². The van der Waals surface area contributed by atoms with Gasteiger partial charge in [0.25, 0.3) is 0 Å². The van der Waals surface area contributed by atoms with Crippen LogP contribution in [0, 0.1) is 0 Å². The van der Waals surface area contributed by atoms with E-state index in [1.165, 1.54) is 7.11 Å². The molecule has 0 aliphatic rings. The number of aliphatic hydroxyl groups is 1. The number of benzene rings is 1. The summed E-state index contributed by atoms with van der Waals surface area (Å²) in [6.45, 7) is 0. The van der Waals surface area contributed by atoms with E-state index in [0.29, 0.717) is 28.6 Å². The highest BCUT2D eigenvalue weighted by atomic mass is 16.5. The maximum absolute atomic E-state index is 10.3. The summed E-state index contributed by atoms with van der Waals surface area (Å²) in [6, 6.07) is 8.49. The largest absolute Gasteiger partial charge is 0.493 e. The number of nitrogens with zero attached hydrogens (tertiary/aromatic N) is 2. The van der Waals surface area contributed by atoms with Crippen molar-refractivity contribution in [2.75, 3.05) is 21.3 Å². The lowest BCUT2D eigenvalue weighted by atomic mass is 10.1. The predicted molar refractivity (Wildman–Crippen MR) is 72.2 cm³/mol. The van der Waals surface area contributed by atoms with E-state index in [1.54, 1.807) is 44.6 Å². The molecule has 20 heavy (non-hydrogen) atoms. The molecule has 0 spiro atoms. The first-order chi connectivity index (χ1) is 9.69. The molecule has 0 bridgehead atoms. The minimum absolute atomic E-state index is 0.397. The van der Waals surface area contributed by atoms with Crippen molar-refractivity contribution in [1.82, 2.24) is 10.2 Å². The van der Waals surface area contributed by atoms with E-state index >= 15 is 0 Å². The molecule has 0 saturated carbocycles. The predicted octanol–water partition coefficient (Wildman–Crippen LogP) is 1.58. The Bertz CT molecular complexity index is 572. The first kappa shape index (κ1) is 14.1. The van der Waals surface area contributed by atoms with Crippen LogP contribution in [0.1, 0.15) is 17.4 Å². The van der Waals surface area contributed by atoms with Crippen LogP contribution in [-0.2, 0) is 0 Å². The van der Waals surface area contributed by atoms with Gasteiger partial charge < -0.3 is 19.3 Å². The lowest BCUT2D eigenvalue weighted by Crippen LogP contribution is -2.05. The molecular weight excluding hydrogens is 260 g/mol. The van der Waals surface area contributed by atoms with Crippen molar-refractivity contribution in [3.05, 3.63) is 41.6 Å². The van der Waals surface area contributed by atoms with Crippen molar-refractivity contribution in [2.45, 2.75) is 6.10 Å². The number of rotatable bonds is 5. The number of hydrogen-bond acceptors (Lipinski definition) is 6. The second-order valence-corrected chi connectivity index (χ2v) is 4.02. The average Bonchev–Trinajstić information content (AvgIpc) is 2.53. The molecule has 6 nitrogen and oxygen atoms in total. The standard InChI is InChI=1S/C14H16N2O4/c1-18-11-6-4-9(8-12(11)19-2)14(17)10-5-7-13(20-3)16-15-10/h4-8,14,17H,1-3H3. The highest BCUT2D eigenvalue weighted by molar-refractivity contribution is 5.44. The lowest BCUT2D eigenvalue weighted by molar-refractivity contribution is 0.212. The Morgan fingerprint density at radius 3 is 2.20 bits per heavy atom. The van der Waals surface area contributed by atoms with Crippen LogP contribution in [0.4, 0.5) is 0 Å². The van der Waals surface area contributed by atoms with Crippen molar-refractivity contribution in [3.63, 3.8) is 0 Å². The van der Waals surface area contributed by atoms with Crippen LogP contribution in [0.15, 0.2) is 30.3 Å². The van der Waals surface area contributed by atoms with E-state index in [-0.39, 0.29) is 0 Å². The Kier molecular flexibility index (Phi) is 4.37. The van der Waals surface area contributed by atoms with Crippen molar-refractivity contribution in [3.8, 4) is 17.4 Å². The fraction of sp³-hybridized carbons (Fsp3) is 0.286. The molecule has 0 aliphatic heterocycles. The molecule has 106 valence electrons. The number of ether oxygens (including phenoxy) is 3. The normalized spacial score (nSPS) is 11.8. The molecule has 0 amide bonds. The third-order valence-corrected chi connectivity index (χ3v) is 2.87. The molecular formula is C14H16N2O4. The molecule has 2 aromatic rings. The van der Waals surface area contributed by atoms with Gasteiger partial charge in [-0.05, 0) is 23.8 Å². The molecule has 1 unspecified atom stereocenters. The molecule has 1 aromatic carbocycles. The maximum atomic E-state index is 10.3. The molecule has 0 fully saturated rings. The highest BCUT2D eigenvalue weighted by Gasteiger charge is 2.15. The molecule has 1 N–H and O–H groups in total. The Balaban J connectivity index is 2.29. The smallest absolute Gasteiger partial charge is 0.233 e. The van der Waals surface area contributed by atoms with Gasteiger partial charge in [-0.15, -0.1) is 10.2 Å². The lowest BCUT2D eigenvalue weighted by Gasteiger charge is -2.13. The Hall–Kier alpha value is -2.34. The Morgan fingerprint density at radius 2 is 1.65 bits per heavy atom. The van der Waals surface area contributed by atoms with Gasteiger partial charge in [0.2, 0.25) is 5.88 Å². The third-order valence-electron chi connectivity index (χ3n) is 2.87. The van der Waals surface area contributed by atoms with E-state index in [2.05, 4.69) is 10.2 Å². The fourth-order valence-corrected chi connectivity index (χ4v) is 1.78. The quantitative estimate of drug-likeness (QED) is 0.894. The van der Waals surface area contributed by atoms with Gasteiger partial charge in [0.15, 0.2) is 11.5 Å². The summed E-state index contributed by atoms with van der Waals surface area (Å²) in [5.41, 5.74) is 1.07. The van der Waals surface area contributed by atoms with Crippen LogP contribution >= 0.6 is 0 Å². The van der Waals surface area contributed by atoms with Gasteiger partial charge in [-0.1, -0.05) is 6.07 Å². The number of hydrogen-bond donors (Lipinski definition) is 1. The summed E-state index contributed by atoms with van der Waals surface area (Å²) in [7, 11) is 4.61. The molecule has 0 radical (unpaired) electrons. The topological polar surface area (TPSA) is 73.7 Å². The van der Waals surface area contributed by atoms with E-state index in [1.807, 2.05) is 0 Å². The summed E-state index contributed by atoms with van der Waals surface area (Å²) in [5, 5.41) is 18.1. The minimum atomic E-state index is -0.895. The van der Waals surface area contributed by atoms with E-state index < -0.39 is 6.10 Å². The summed E-state index contributed by atoms with van der Waals surface area (Å²) >= 11 is 0. The Morgan fingerprint density at radius 1 is 0.900 bits per heavy atom. The maximum Gasteiger partial charge on any atom is 0.233 e. The van der Waals surface area contributed by atoms with Gasteiger partial charge in [-0.25, -0.2) is 0 Å². The van der Waals surface area contributed by atoms with Crippen molar-refractivity contribution < 1.29 is 19.3 Å². The van der Waals surface area contributed by atoms with Crippen LogP contribution in [0.2, 0.25) is 0 Å². The van der Waals surface area contributed by atoms with Crippen LogP contribution in [0.5, 0.6) is 17.4 Å². The zero-order valence-electron chi connectivity index (χ0n) is 11.5. The third kappa shape index (κ3) is 2.80. The van der Waals surface area contributed by atoms with Crippen LogP contribution in [0.25, 0.3) is 0 Å². The van der Waals surface area contributed by atoms with Gasteiger partial charge in [0.05, 0.1) is 27.0 Å². The zero-order valence-corrected chi connectivity index (χ0v) is 11.5. The number of aliphatic hydroxyl groups excluding tert-OH is 1. The minimum Gasteiger partial charge on any atom is -0.493 e. The molecule has 0 saturated heterocycles. The molecule has 6 heteroatoms. The number of methoxy groups -OCH3 is 3. The molecule has 1 aromatic heterocycles. The number of aromatic nitrogens is 2. The van der Waals surface area contributed by atoms with Crippen LogP contribution in [-0.4, -0.2) is 36.6 Å². The SMILES string of the molecule is COc1ccc(C(O)c2ccc(OC)c(OC)c2)nn1. The van der Waals surface area contributed by atoms with E-state index in [0.717, 1.165) is 0 Å². The van der Waals surface area contributed by atoms with Crippen LogP contribution in [0.3, 0.4) is 0 Å².